The lowest BCUT2D eigenvalue weighted by Crippen LogP contribution is -2.31. The standard InChI is InChI=1S/C17H14ClF2N3O2S/c1-23-9-8-21-17(23)16(11-2-4-12(19)5-3-11)22-26(24,25)13-6-7-15(20)14(18)10-13/h2-10,16,22H,1H3. The van der Waals surface area contributed by atoms with Gasteiger partial charge < -0.3 is 4.57 Å². The molecule has 1 N–H and O–H groups in total. The maximum atomic E-state index is 13.3. The number of hydrogen-bond donors (Lipinski definition) is 1. The van der Waals surface area contributed by atoms with Crippen molar-refractivity contribution >= 4 is 21.6 Å². The average molecular weight is 398 g/mol. The Bertz CT molecular complexity index is 1040. The molecular weight excluding hydrogens is 384 g/mol. The van der Waals surface area contributed by atoms with Crippen molar-refractivity contribution in [3.63, 3.8) is 0 Å². The first kappa shape index (κ1) is 18.5. The van der Waals surface area contributed by atoms with Crippen molar-refractivity contribution in [1.29, 1.82) is 0 Å². The number of sulfonamides is 1. The molecule has 0 saturated heterocycles. The molecule has 26 heavy (non-hydrogen) atoms. The van der Waals surface area contributed by atoms with Crippen molar-refractivity contribution in [1.82, 2.24) is 14.3 Å². The van der Waals surface area contributed by atoms with Gasteiger partial charge in [0.1, 0.15) is 23.5 Å². The molecule has 1 atom stereocenters. The molecule has 1 aromatic heterocycles. The molecule has 0 fully saturated rings. The predicted octanol–water partition coefficient (Wildman–Crippen LogP) is 3.42. The number of imidazole rings is 1. The van der Waals surface area contributed by atoms with Crippen LogP contribution in [0.2, 0.25) is 5.02 Å². The zero-order chi connectivity index (χ0) is 18.9. The van der Waals surface area contributed by atoms with Gasteiger partial charge in [0.15, 0.2) is 0 Å². The SMILES string of the molecule is Cn1ccnc1C(NS(=O)(=O)c1ccc(F)c(Cl)c1)c1ccc(F)cc1. The van der Waals surface area contributed by atoms with E-state index in [1.165, 1.54) is 30.5 Å². The summed E-state index contributed by atoms with van der Waals surface area (Å²) < 4.78 is 56.2. The monoisotopic (exact) mass is 397 g/mol. The van der Waals surface area contributed by atoms with Gasteiger partial charge in [0.25, 0.3) is 0 Å². The van der Waals surface area contributed by atoms with Gasteiger partial charge in [-0.15, -0.1) is 0 Å². The van der Waals surface area contributed by atoms with E-state index in [-0.39, 0.29) is 9.92 Å². The summed E-state index contributed by atoms with van der Waals surface area (Å²) in [5.74, 6) is -0.751. The van der Waals surface area contributed by atoms with Crippen LogP contribution in [0, 0.1) is 11.6 Å². The van der Waals surface area contributed by atoms with Crippen LogP contribution in [-0.4, -0.2) is 18.0 Å². The Kier molecular flexibility index (Phi) is 5.08. The summed E-state index contributed by atoms with van der Waals surface area (Å²) in [5.41, 5.74) is 0.498. The second kappa shape index (κ2) is 7.14. The van der Waals surface area contributed by atoms with Gasteiger partial charge in [-0.3, -0.25) is 0 Å². The van der Waals surface area contributed by atoms with Crippen LogP contribution in [-0.2, 0) is 17.1 Å². The molecule has 5 nitrogen and oxygen atoms in total. The highest BCUT2D eigenvalue weighted by Crippen LogP contribution is 2.25. The van der Waals surface area contributed by atoms with E-state index >= 15 is 0 Å². The molecule has 136 valence electrons. The number of hydrogen-bond acceptors (Lipinski definition) is 3. The molecule has 0 amide bonds. The molecule has 0 spiro atoms. The molecule has 0 aliphatic rings. The number of rotatable bonds is 5. The summed E-state index contributed by atoms with van der Waals surface area (Å²) in [6, 6.07) is 7.64. The van der Waals surface area contributed by atoms with Crippen molar-refractivity contribution in [2.45, 2.75) is 10.9 Å². The van der Waals surface area contributed by atoms with Crippen molar-refractivity contribution < 1.29 is 17.2 Å². The molecule has 2 aromatic carbocycles. The van der Waals surface area contributed by atoms with Crippen molar-refractivity contribution in [2.24, 2.45) is 7.05 Å². The maximum Gasteiger partial charge on any atom is 0.241 e. The van der Waals surface area contributed by atoms with Crippen molar-refractivity contribution in [3.05, 3.63) is 82.9 Å². The highest BCUT2D eigenvalue weighted by atomic mass is 35.5. The molecule has 9 heteroatoms. The molecule has 1 unspecified atom stereocenters. The van der Waals surface area contributed by atoms with E-state index in [1.54, 1.807) is 17.8 Å². The van der Waals surface area contributed by atoms with Gasteiger partial charge in [0.05, 0.1) is 9.92 Å². The molecule has 0 bridgehead atoms. The zero-order valence-electron chi connectivity index (χ0n) is 13.5. The topological polar surface area (TPSA) is 64.0 Å². The first-order chi connectivity index (χ1) is 12.3. The molecule has 0 saturated carbocycles. The number of aryl methyl sites for hydroxylation is 1. The van der Waals surface area contributed by atoms with Crippen LogP contribution >= 0.6 is 11.6 Å². The molecule has 3 aromatic rings. The Morgan fingerprint density at radius 3 is 2.42 bits per heavy atom. The van der Waals surface area contributed by atoms with Crippen LogP contribution < -0.4 is 4.72 Å². The third-order valence-electron chi connectivity index (χ3n) is 3.79. The van der Waals surface area contributed by atoms with Crippen LogP contribution in [0.5, 0.6) is 0 Å². The third kappa shape index (κ3) is 3.77. The Labute approximate surface area is 154 Å². The van der Waals surface area contributed by atoms with E-state index < -0.39 is 27.7 Å². The van der Waals surface area contributed by atoms with Gasteiger partial charge in [-0.05, 0) is 35.9 Å². The normalized spacial score (nSPS) is 12.9. The Morgan fingerprint density at radius 2 is 1.85 bits per heavy atom. The van der Waals surface area contributed by atoms with Gasteiger partial charge in [-0.25, -0.2) is 22.2 Å². The van der Waals surface area contributed by atoms with E-state index in [0.717, 1.165) is 18.2 Å². The third-order valence-corrected chi connectivity index (χ3v) is 5.50. The van der Waals surface area contributed by atoms with E-state index in [4.69, 9.17) is 11.6 Å². The number of aromatic nitrogens is 2. The summed E-state index contributed by atoms with van der Waals surface area (Å²) >= 11 is 5.69. The van der Waals surface area contributed by atoms with E-state index in [0.29, 0.717) is 11.4 Å². The zero-order valence-corrected chi connectivity index (χ0v) is 15.1. The van der Waals surface area contributed by atoms with Gasteiger partial charge in [0.2, 0.25) is 10.0 Å². The summed E-state index contributed by atoms with van der Waals surface area (Å²) in [6.07, 6.45) is 3.18. The van der Waals surface area contributed by atoms with Crippen molar-refractivity contribution in [3.8, 4) is 0 Å². The lowest BCUT2D eigenvalue weighted by molar-refractivity contribution is 0.561. The largest absolute Gasteiger partial charge is 0.336 e. The van der Waals surface area contributed by atoms with Crippen LogP contribution in [0.3, 0.4) is 0 Å². The van der Waals surface area contributed by atoms with Crippen molar-refractivity contribution in [2.75, 3.05) is 0 Å². The highest BCUT2D eigenvalue weighted by molar-refractivity contribution is 7.89. The minimum Gasteiger partial charge on any atom is -0.336 e. The minimum absolute atomic E-state index is 0.190. The summed E-state index contributed by atoms with van der Waals surface area (Å²) in [4.78, 5) is 3.99. The van der Waals surface area contributed by atoms with Crippen LogP contribution in [0.25, 0.3) is 0 Å². The first-order valence-corrected chi connectivity index (χ1v) is 9.34. The smallest absolute Gasteiger partial charge is 0.241 e. The Hall–Kier alpha value is -2.29. The number of benzene rings is 2. The molecule has 0 aliphatic heterocycles. The highest BCUT2D eigenvalue weighted by Gasteiger charge is 2.26. The molecule has 1 heterocycles. The fourth-order valence-corrected chi connectivity index (χ4v) is 3.90. The predicted molar refractivity (Wildman–Crippen MR) is 93.2 cm³/mol. The molecule has 3 rings (SSSR count). The minimum atomic E-state index is -4.05. The second-order valence-electron chi connectivity index (χ2n) is 5.58. The molecule has 0 radical (unpaired) electrons. The summed E-state index contributed by atoms with van der Waals surface area (Å²) in [6.45, 7) is 0. The van der Waals surface area contributed by atoms with E-state index in [2.05, 4.69) is 9.71 Å². The van der Waals surface area contributed by atoms with Crippen LogP contribution in [0.15, 0.2) is 59.8 Å². The van der Waals surface area contributed by atoms with E-state index in [1.807, 2.05) is 0 Å². The maximum absolute atomic E-state index is 13.3. The van der Waals surface area contributed by atoms with Gasteiger partial charge in [0, 0.05) is 19.4 Å². The summed E-state index contributed by atoms with van der Waals surface area (Å²) in [5, 5.41) is -0.303. The number of halogens is 3. The number of nitrogens with one attached hydrogen (secondary N) is 1. The molecular formula is C17H14ClF2N3O2S. The van der Waals surface area contributed by atoms with E-state index in [9.17, 15) is 17.2 Å². The van der Waals surface area contributed by atoms with Gasteiger partial charge >= 0.3 is 0 Å². The Balaban J connectivity index is 2.03. The second-order valence-corrected chi connectivity index (χ2v) is 7.70. The fraction of sp³-hybridized carbons (Fsp3) is 0.118. The van der Waals surface area contributed by atoms with Gasteiger partial charge in [-0.1, -0.05) is 23.7 Å². The van der Waals surface area contributed by atoms with Crippen LogP contribution in [0.1, 0.15) is 17.4 Å². The number of nitrogens with zero attached hydrogens (tertiary/aromatic N) is 2. The molecule has 0 aliphatic carbocycles. The van der Waals surface area contributed by atoms with Crippen LogP contribution in [0.4, 0.5) is 8.78 Å². The summed E-state index contributed by atoms with van der Waals surface area (Å²) in [7, 11) is -2.34. The van der Waals surface area contributed by atoms with Gasteiger partial charge in [-0.2, -0.15) is 4.72 Å². The lowest BCUT2D eigenvalue weighted by Gasteiger charge is -2.19. The Morgan fingerprint density at radius 1 is 1.15 bits per heavy atom. The fourth-order valence-electron chi connectivity index (χ4n) is 2.45. The quantitative estimate of drug-likeness (QED) is 0.717. The first-order valence-electron chi connectivity index (χ1n) is 7.48. The average Bonchev–Trinajstić information content (AvgIpc) is 3.02. The lowest BCUT2D eigenvalue weighted by atomic mass is 10.1.